The minimum atomic E-state index is -0.112. The first kappa shape index (κ1) is 16.0. The van der Waals surface area contributed by atoms with E-state index >= 15 is 0 Å². The highest BCUT2D eigenvalue weighted by molar-refractivity contribution is 5.49. The molecule has 0 saturated heterocycles. The van der Waals surface area contributed by atoms with Crippen LogP contribution < -0.4 is 0 Å². The topological polar surface area (TPSA) is 23.1 Å². The molecule has 0 atom stereocenters. The summed E-state index contributed by atoms with van der Waals surface area (Å²) in [5.74, 6) is 0.211. The molecule has 0 unspecified atom stereocenters. The average molecular weight is 262 g/mol. The second-order valence-electron chi connectivity index (χ2n) is 7.76. The van der Waals surface area contributed by atoms with Gasteiger partial charge in [-0.25, -0.2) is 0 Å². The third-order valence-electron chi connectivity index (χ3n) is 3.26. The van der Waals surface area contributed by atoms with Crippen LogP contribution in [0.1, 0.15) is 58.2 Å². The Morgan fingerprint density at radius 3 is 1.53 bits per heavy atom. The van der Waals surface area contributed by atoms with Crippen LogP contribution in [-0.4, -0.2) is 19.0 Å². The molecule has 2 nitrogen and oxygen atoms in total. The molecule has 0 spiro atoms. The largest absolute Gasteiger partial charge is 0.305 e. The number of benzene rings is 1. The highest BCUT2D eigenvalue weighted by Gasteiger charge is 2.27. The van der Waals surface area contributed by atoms with Gasteiger partial charge in [0.05, 0.1) is 0 Å². The lowest BCUT2D eigenvalue weighted by Gasteiger charge is -2.27. The zero-order chi connectivity index (χ0) is 15.0. The zero-order valence-electron chi connectivity index (χ0n) is 13.7. The molecule has 0 aliphatic rings. The van der Waals surface area contributed by atoms with Crippen molar-refractivity contribution in [3.8, 4) is 5.75 Å². The Balaban J connectivity index is 3.48. The summed E-state index contributed by atoms with van der Waals surface area (Å²) in [6.07, 6.45) is 0. The second kappa shape index (κ2) is 5.16. The summed E-state index contributed by atoms with van der Waals surface area (Å²) in [5, 5.41) is 12.7. The fraction of sp³-hybridized carbons (Fsp3) is 0.647. The third-order valence-corrected chi connectivity index (χ3v) is 3.26. The van der Waals surface area contributed by atoms with Crippen LogP contribution in [0.2, 0.25) is 0 Å². The van der Waals surface area contributed by atoms with Crippen LogP contribution in [0.4, 0.5) is 0 Å². The molecular weight excluding hydrogens is 234 g/mol. The van der Waals surface area contributed by atoms with E-state index in [1.165, 1.54) is 5.56 Å². The Morgan fingerprint density at radius 1 is 0.895 bits per heavy atom. The minimum Gasteiger partial charge on any atom is -0.305 e. The van der Waals surface area contributed by atoms with Gasteiger partial charge in [0.15, 0.2) is 5.75 Å². The summed E-state index contributed by atoms with van der Waals surface area (Å²) in [7, 11) is 4.11. The van der Waals surface area contributed by atoms with E-state index in [0.29, 0.717) is 0 Å². The van der Waals surface area contributed by atoms with Crippen LogP contribution in [0.5, 0.6) is 5.75 Å². The summed E-state index contributed by atoms with van der Waals surface area (Å²) < 4.78 is 0. The zero-order valence-corrected chi connectivity index (χ0v) is 13.7. The summed E-state index contributed by atoms with van der Waals surface area (Å²) in [6, 6.07) is 4.16. The van der Waals surface area contributed by atoms with Crippen molar-refractivity contribution in [2.24, 2.45) is 0 Å². The van der Waals surface area contributed by atoms with Gasteiger partial charge in [-0.05, 0) is 30.5 Å². The first-order valence-electron chi connectivity index (χ1n) is 6.92. The molecule has 0 aliphatic heterocycles. The molecule has 1 aromatic carbocycles. The van der Waals surface area contributed by atoms with Crippen LogP contribution in [0.3, 0.4) is 0 Å². The average Bonchev–Trinajstić information content (AvgIpc) is 2.16. The highest BCUT2D eigenvalue weighted by atomic mass is 16.3. The van der Waals surface area contributed by atoms with Gasteiger partial charge in [-0.3, -0.25) is 5.11 Å². The number of hydrogen-bond acceptors (Lipinski definition) is 1. The van der Waals surface area contributed by atoms with E-state index in [4.69, 9.17) is 0 Å². The molecule has 2 heteroatoms. The van der Waals surface area contributed by atoms with Gasteiger partial charge < -0.3 is 4.90 Å². The Bertz CT molecular complexity index is 412. The van der Waals surface area contributed by atoms with Crippen LogP contribution >= 0.6 is 0 Å². The van der Waals surface area contributed by atoms with Crippen molar-refractivity contribution < 1.29 is 5.11 Å². The molecule has 0 amide bonds. The number of rotatable bonds is 2. The predicted molar refractivity (Wildman–Crippen MR) is 81.4 cm³/mol. The summed E-state index contributed by atoms with van der Waals surface area (Å²) in [6.45, 7) is 13.5. The van der Waals surface area contributed by atoms with Gasteiger partial charge in [0.2, 0.25) is 0 Å². The summed E-state index contributed by atoms with van der Waals surface area (Å²) >= 11 is 0. The van der Waals surface area contributed by atoms with Crippen LogP contribution in [-0.2, 0) is 22.5 Å². The minimum absolute atomic E-state index is 0.112. The Kier molecular flexibility index (Phi) is 4.36. The van der Waals surface area contributed by atoms with E-state index in [9.17, 15) is 5.11 Å². The lowest BCUT2D eigenvalue weighted by atomic mass is 9.78. The van der Waals surface area contributed by atoms with Crippen LogP contribution in [0.15, 0.2) is 12.1 Å². The van der Waals surface area contributed by atoms with Crippen molar-refractivity contribution in [3.05, 3.63) is 28.8 Å². The Morgan fingerprint density at radius 2 is 1.26 bits per heavy atom. The van der Waals surface area contributed by atoms with Crippen molar-refractivity contribution in [1.82, 2.24) is 4.90 Å². The maximum atomic E-state index is 12.7. The van der Waals surface area contributed by atoms with Gasteiger partial charge in [-0.2, -0.15) is 0 Å². The van der Waals surface area contributed by atoms with Crippen molar-refractivity contribution in [2.45, 2.75) is 58.9 Å². The van der Waals surface area contributed by atoms with Crippen molar-refractivity contribution in [2.75, 3.05) is 14.1 Å². The summed E-state index contributed by atoms with van der Waals surface area (Å²) in [5.41, 5.74) is 2.85. The maximum Gasteiger partial charge on any atom is 0.186 e. The van der Waals surface area contributed by atoms with E-state index in [2.05, 4.69) is 72.7 Å². The molecule has 0 saturated carbocycles. The van der Waals surface area contributed by atoms with Crippen molar-refractivity contribution in [1.29, 1.82) is 0 Å². The fourth-order valence-corrected chi connectivity index (χ4v) is 2.26. The molecule has 0 heterocycles. The van der Waals surface area contributed by atoms with Crippen LogP contribution in [0, 0.1) is 0 Å². The molecule has 0 bridgehead atoms. The van der Waals surface area contributed by atoms with Gasteiger partial charge in [0, 0.05) is 17.7 Å². The molecule has 1 rings (SSSR count). The van der Waals surface area contributed by atoms with E-state index < -0.39 is 0 Å². The van der Waals surface area contributed by atoms with E-state index in [0.717, 1.165) is 17.7 Å². The number of hydrogen-bond donors (Lipinski definition) is 0. The molecule has 0 fully saturated rings. The van der Waals surface area contributed by atoms with Gasteiger partial charge >= 0.3 is 0 Å². The maximum absolute atomic E-state index is 12.7. The molecule has 0 aliphatic carbocycles. The van der Waals surface area contributed by atoms with E-state index in [1.807, 2.05) is 0 Å². The smallest absolute Gasteiger partial charge is 0.186 e. The Hall–Kier alpha value is -1.02. The van der Waals surface area contributed by atoms with Crippen molar-refractivity contribution >= 4 is 0 Å². The van der Waals surface area contributed by atoms with Crippen molar-refractivity contribution in [3.63, 3.8) is 0 Å². The molecule has 0 aromatic heterocycles. The Labute approximate surface area is 118 Å². The fourth-order valence-electron chi connectivity index (χ4n) is 2.26. The van der Waals surface area contributed by atoms with Gasteiger partial charge in [-0.15, -0.1) is 0 Å². The quantitative estimate of drug-likeness (QED) is 0.770. The molecule has 19 heavy (non-hydrogen) atoms. The lowest BCUT2D eigenvalue weighted by Crippen LogP contribution is -2.19. The molecular formula is C17H28NO. The highest BCUT2D eigenvalue weighted by Crippen LogP contribution is 2.40. The normalized spacial score (nSPS) is 13.1. The summed E-state index contributed by atoms with van der Waals surface area (Å²) in [4.78, 5) is 2.14. The molecule has 107 valence electrons. The van der Waals surface area contributed by atoms with Gasteiger partial charge in [0.1, 0.15) is 0 Å². The SMILES string of the molecule is CN(C)Cc1cc(C(C)(C)C)c([O])c(C(C)(C)C)c1. The standard InChI is InChI=1S/C17H28NO/c1-16(2,3)13-9-12(11-18(7)8)10-14(15(13)19)17(4,5)6/h9-10H,11H2,1-8H3. The van der Waals surface area contributed by atoms with E-state index in [-0.39, 0.29) is 16.6 Å². The monoisotopic (exact) mass is 262 g/mol. The molecule has 0 N–H and O–H groups in total. The second-order valence-corrected chi connectivity index (χ2v) is 7.76. The molecule has 1 aromatic rings. The first-order chi connectivity index (χ1) is 8.43. The number of nitrogens with zero attached hydrogens (tertiary/aromatic N) is 1. The predicted octanol–water partition coefficient (Wildman–Crippen LogP) is 4.49. The van der Waals surface area contributed by atoms with E-state index in [1.54, 1.807) is 0 Å². The van der Waals surface area contributed by atoms with Crippen LogP contribution in [0.25, 0.3) is 0 Å². The lowest BCUT2D eigenvalue weighted by molar-refractivity contribution is 0.326. The third kappa shape index (κ3) is 3.97. The van der Waals surface area contributed by atoms with Gasteiger partial charge in [0.25, 0.3) is 0 Å². The van der Waals surface area contributed by atoms with Gasteiger partial charge in [-0.1, -0.05) is 53.7 Å². The molecule has 1 radical (unpaired) electrons. The first-order valence-corrected chi connectivity index (χ1v) is 6.92.